The second-order valence-electron chi connectivity index (χ2n) is 3.31. The van der Waals surface area contributed by atoms with Crippen molar-refractivity contribution in [3.05, 3.63) is 34.3 Å². The van der Waals surface area contributed by atoms with Crippen LogP contribution in [0.15, 0.2) is 18.2 Å². The molecule has 15 heavy (non-hydrogen) atoms. The first-order valence-corrected chi connectivity index (χ1v) is 5.19. The lowest BCUT2D eigenvalue weighted by molar-refractivity contribution is 0.0695. The fourth-order valence-corrected chi connectivity index (χ4v) is 1.59. The summed E-state index contributed by atoms with van der Waals surface area (Å²) in [5.74, 6) is -0.919. The third-order valence-corrected chi connectivity index (χ3v) is 2.41. The Labute approximate surface area is 94.1 Å². The van der Waals surface area contributed by atoms with Crippen molar-refractivity contribution in [3.63, 3.8) is 0 Å². The number of carbonyl (C=O) groups is 1. The number of hydrogen-bond acceptors (Lipinski definition) is 2. The van der Waals surface area contributed by atoms with Crippen LogP contribution in [-0.4, -0.2) is 24.7 Å². The average Bonchev–Trinajstić information content (AvgIpc) is 2.20. The fourth-order valence-electron chi connectivity index (χ4n) is 1.42. The minimum Gasteiger partial charge on any atom is -0.478 e. The van der Waals surface area contributed by atoms with Crippen LogP contribution in [0.2, 0.25) is 5.02 Å². The van der Waals surface area contributed by atoms with Crippen LogP contribution < -0.4 is 5.32 Å². The minimum absolute atomic E-state index is 0.304. The number of aromatic carboxylic acids is 1. The van der Waals surface area contributed by atoms with Crippen molar-refractivity contribution in [2.24, 2.45) is 0 Å². The summed E-state index contributed by atoms with van der Waals surface area (Å²) in [6.45, 7) is 0.877. The molecule has 0 bridgehead atoms. The van der Waals surface area contributed by atoms with Gasteiger partial charge < -0.3 is 10.4 Å². The molecule has 0 aliphatic carbocycles. The van der Waals surface area contributed by atoms with Crippen LogP contribution in [0.3, 0.4) is 0 Å². The van der Waals surface area contributed by atoms with Crippen molar-refractivity contribution < 1.29 is 9.90 Å². The van der Waals surface area contributed by atoms with Gasteiger partial charge in [-0.1, -0.05) is 17.7 Å². The molecule has 0 unspecified atom stereocenters. The molecule has 82 valence electrons. The van der Waals surface area contributed by atoms with E-state index >= 15 is 0 Å². The van der Waals surface area contributed by atoms with Gasteiger partial charge >= 0.3 is 5.97 Å². The summed E-state index contributed by atoms with van der Waals surface area (Å²) in [5.41, 5.74) is 1.14. The van der Waals surface area contributed by atoms with E-state index in [0.717, 1.165) is 24.9 Å². The van der Waals surface area contributed by atoms with E-state index in [1.54, 1.807) is 12.1 Å². The third-order valence-electron chi connectivity index (χ3n) is 2.18. The van der Waals surface area contributed by atoms with Gasteiger partial charge in [-0.05, 0) is 44.1 Å². The molecule has 0 saturated carbocycles. The van der Waals surface area contributed by atoms with Crippen molar-refractivity contribution in [2.45, 2.75) is 12.8 Å². The lowest BCUT2D eigenvalue weighted by Crippen LogP contribution is -2.10. The number of benzene rings is 1. The molecular formula is C11H14ClNO2. The Hall–Kier alpha value is -1.06. The first kappa shape index (κ1) is 12.0. The molecule has 0 fully saturated rings. The topological polar surface area (TPSA) is 49.3 Å². The predicted molar refractivity (Wildman–Crippen MR) is 60.7 cm³/mol. The maximum Gasteiger partial charge on any atom is 0.336 e. The summed E-state index contributed by atoms with van der Waals surface area (Å²) in [6.07, 6.45) is 1.66. The van der Waals surface area contributed by atoms with E-state index in [1.165, 1.54) is 6.07 Å². The summed E-state index contributed by atoms with van der Waals surface area (Å²) in [4.78, 5) is 10.9. The number of nitrogens with one attached hydrogen (secondary N) is 1. The van der Waals surface area contributed by atoms with Crippen LogP contribution in [0.5, 0.6) is 0 Å². The van der Waals surface area contributed by atoms with Gasteiger partial charge in [0, 0.05) is 5.02 Å². The average molecular weight is 228 g/mol. The smallest absolute Gasteiger partial charge is 0.336 e. The van der Waals surface area contributed by atoms with Gasteiger partial charge in [-0.2, -0.15) is 0 Å². The van der Waals surface area contributed by atoms with Crippen molar-refractivity contribution in [1.82, 2.24) is 5.32 Å². The van der Waals surface area contributed by atoms with Gasteiger partial charge in [-0.25, -0.2) is 4.79 Å². The van der Waals surface area contributed by atoms with E-state index in [4.69, 9.17) is 16.7 Å². The van der Waals surface area contributed by atoms with E-state index in [0.29, 0.717) is 10.6 Å². The number of hydrogen-bond donors (Lipinski definition) is 2. The van der Waals surface area contributed by atoms with Crippen molar-refractivity contribution in [3.8, 4) is 0 Å². The molecule has 4 heteroatoms. The van der Waals surface area contributed by atoms with Gasteiger partial charge in [0.05, 0.1) is 5.56 Å². The van der Waals surface area contributed by atoms with Crippen LogP contribution in [0.1, 0.15) is 22.3 Å². The first-order valence-electron chi connectivity index (χ1n) is 4.81. The molecule has 0 heterocycles. The molecule has 0 radical (unpaired) electrons. The second-order valence-corrected chi connectivity index (χ2v) is 3.75. The van der Waals surface area contributed by atoms with Gasteiger partial charge in [0.25, 0.3) is 0 Å². The molecule has 1 rings (SSSR count). The van der Waals surface area contributed by atoms with Gasteiger partial charge in [0.2, 0.25) is 0 Å². The van der Waals surface area contributed by atoms with Crippen molar-refractivity contribution in [2.75, 3.05) is 13.6 Å². The Kier molecular flexibility index (Phi) is 4.59. The Bertz CT molecular complexity index is 352. The number of rotatable bonds is 5. The lowest BCUT2D eigenvalue weighted by atomic mass is 10.0. The zero-order valence-electron chi connectivity index (χ0n) is 8.59. The summed E-state index contributed by atoms with van der Waals surface area (Å²) in [5, 5.41) is 12.5. The highest BCUT2D eigenvalue weighted by Gasteiger charge is 2.09. The molecule has 0 aliphatic rings. The Morgan fingerprint density at radius 1 is 1.53 bits per heavy atom. The molecule has 0 aliphatic heterocycles. The van der Waals surface area contributed by atoms with Crippen LogP contribution in [0.4, 0.5) is 0 Å². The molecule has 0 spiro atoms. The van der Waals surface area contributed by atoms with Gasteiger partial charge in [0.15, 0.2) is 0 Å². The van der Waals surface area contributed by atoms with E-state index < -0.39 is 5.97 Å². The van der Waals surface area contributed by atoms with Gasteiger partial charge in [-0.3, -0.25) is 0 Å². The summed E-state index contributed by atoms with van der Waals surface area (Å²) < 4.78 is 0. The van der Waals surface area contributed by atoms with Crippen molar-refractivity contribution in [1.29, 1.82) is 0 Å². The van der Waals surface area contributed by atoms with E-state index in [2.05, 4.69) is 5.32 Å². The van der Waals surface area contributed by atoms with Crippen molar-refractivity contribution >= 4 is 17.6 Å². The molecule has 0 atom stereocenters. The zero-order valence-corrected chi connectivity index (χ0v) is 9.34. The fraction of sp³-hybridized carbons (Fsp3) is 0.364. The van der Waals surface area contributed by atoms with Gasteiger partial charge in [-0.15, -0.1) is 0 Å². The monoisotopic (exact) mass is 227 g/mol. The van der Waals surface area contributed by atoms with E-state index in [1.807, 2.05) is 7.05 Å². The number of carboxylic acid groups (broad SMARTS) is 1. The highest BCUT2D eigenvalue weighted by molar-refractivity contribution is 6.30. The second kappa shape index (κ2) is 5.73. The Balaban J connectivity index is 2.81. The lowest BCUT2D eigenvalue weighted by Gasteiger charge is -2.06. The molecule has 0 saturated heterocycles. The van der Waals surface area contributed by atoms with E-state index in [-0.39, 0.29) is 0 Å². The largest absolute Gasteiger partial charge is 0.478 e. The molecule has 0 amide bonds. The number of halogens is 1. The van der Waals surface area contributed by atoms with Gasteiger partial charge in [0.1, 0.15) is 0 Å². The van der Waals surface area contributed by atoms with Crippen LogP contribution in [-0.2, 0) is 6.42 Å². The number of carboxylic acids is 1. The number of aryl methyl sites for hydroxylation is 1. The minimum atomic E-state index is -0.919. The molecule has 1 aromatic carbocycles. The summed E-state index contributed by atoms with van der Waals surface area (Å²) >= 11 is 5.75. The van der Waals surface area contributed by atoms with E-state index in [9.17, 15) is 4.79 Å². The molecule has 0 aromatic heterocycles. The highest BCUT2D eigenvalue weighted by Crippen LogP contribution is 2.17. The molecule has 2 N–H and O–H groups in total. The maximum absolute atomic E-state index is 10.9. The Morgan fingerprint density at radius 3 is 2.87 bits per heavy atom. The highest BCUT2D eigenvalue weighted by atomic mass is 35.5. The predicted octanol–water partition coefficient (Wildman–Crippen LogP) is 2.19. The quantitative estimate of drug-likeness (QED) is 0.759. The maximum atomic E-state index is 10.9. The normalized spacial score (nSPS) is 10.3. The standard InChI is InChI=1S/C11H14ClNO2/c1-13-6-2-3-8-4-5-9(12)7-10(8)11(14)15/h4-5,7,13H,2-3,6H2,1H3,(H,14,15). The first-order chi connectivity index (χ1) is 7.15. The summed E-state index contributed by atoms with van der Waals surface area (Å²) in [7, 11) is 1.87. The third kappa shape index (κ3) is 3.53. The SMILES string of the molecule is CNCCCc1ccc(Cl)cc1C(=O)O. The zero-order chi connectivity index (χ0) is 11.3. The Morgan fingerprint density at radius 2 is 2.27 bits per heavy atom. The molecular weight excluding hydrogens is 214 g/mol. The van der Waals surface area contributed by atoms with Crippen LogP contribution >= 0.6 is 11.6 Å². The van der Waals surface area contributed by atoms with Crippen LogP contribution in [0.25, 0.3) is 0 Å². The molecule has 3 nitrogen and oxygen atoms in total. The summed E-state index contributed by atoms with van der Waals surface area (Å²) in [6, 6.07) is 5.00. The van der Waals surface area contributed by atoms with Crippen LogP contribution in [0, 0.1) is 0 Å². The molecule has 1 aromatic rings.